The summed E-state index contributed by atoms with van der Waals surface area (Å²) in [6.45, 7) is 8.45. The van der Waals surface area contributed by atoms with Gasteiger partial charge in [-0.2, -0.15) is 4.98 Å². The van der Waals surface area contributed by atoms with Crippen molar-refractivity contribution in [3.63, 3.8) is 0 Å². The van der Waals surface area contributed by atoms with Crippen LogP contribution in [-0.4, -0.2) is 16.0 Å². The number of aryl methyl sites for hydroxylation is 3. The average Bonchev–Trinajstić information content (AvgIpc) is 2.93. The molecule has 0 amide bonds. The first-order valence-electron chi connectivity index (χ1n) is 9.08. The van der Waals surface area contributed by atoms with E-state index in [2.05, 4.69) is 84.5 Å². The molecule has 0 fully saturated rings. The molecule has 0 bridgehead atoms. The second-order valence-corrected chi connectivity index (χ2v) is 7.19. The highest BCUT2D eigenvalue weighted by Gasteiger charge is 2.28. The van der Waals surface area contributed by atoms with Crippen LogP contribution in [0.2, 0.25) is 0 Å². The Labute approximate surface area is 154 Å². The molecule has 1 N–H and O–H groups in total. The molecule has 0 aliphatic carbocycles. The molecule has 0 radical (unpaired) electrons. The van der Waals surface area contributed by atoms with Gasteiger partial charge in [-0.3, -0.25) is 0 Å². The number of fused-ring (bicyclic) bond motifs is 1. The Morgan fingerprint density at radius 1 is 1.00 bits per heavy atom. The summed E-state index contributed by atoms with van der Waals surface area (Å²) < 4.78 is 0. The van der Waals surface area contributed by atoms with Gasteiger partial charge >= 0.3 is 0 Å². The fourth-order valence-electron chi connectivity index (χ4n) is 3.64. The second kappa shape index (κ2) is 6.45. The lowest BCUT2D eigenvalue weighted by Gasteiger charge is -2.24. The Morgan fingerprint density at radius 2 is 1.81 bits per heavy atom. The van der Waals surface area contributed by atoms with Crippen molar-refractivity contribution in [3.8, 4) is 0 Å². The van der Waals surface area contributed by atoms with Gasteiger partial charge in [0.15, 0.2) is 0 Å². The van der Waals surface area contributed by atoms with E-state index in [0.717, 1.165) is 23.6 Å². The van der Waals surface area contributed by atoms with Gasteiger partial charge in [-0.1, -0.05) is 30.3 Å². The summed E-state index contributed by atoms with van der Waals surface area (Å²) >= 11 is 0. The van der Waals surface area contributed by atoms with Gasteiger partial charge in [0.05, 0.1) is 0 Å². The molecule has 0 saturated carbocycles. The van der Waals surface area contributed by atoms with E-state index in [-0.39, 0.29) is 0 Å². The largest absolute Gasteiger partial charge is 0.324 e. The Morgan fingerprint density at radius 3 is 2.65 bits per heavy atom. The molecular formula is C22H24N4. The summed E-state index contributed by atoms with van der Waals surface area (Å²) in [4.78, 5) is 11.8. The van der Waals surface area contributed by atoms with Gasteiger partial charge in [-0.25, -0.2) is 4.98 Å². The molecular weight excluding hydrogens is 320 g/mol. The average molecular weight is 344 g/mol. The standard InChI is InChI=1S/C22H24N4/c1-14-9-10-15(2)19(11-14)24-22-23-16(3)12-21(25-22)26-17(4)13-18-7-5-6-8-20(18)26/h5-12,17H,13H2,1-4H3,(H,23,24,25). The third kappa shape index (κ3) is 3.03. The van der Waals surface area contributed by atoms with Crippen LogP contribution < -0.4 is 10.2 Å². The molecule has 4 rings (SSSR count). The smallest absolute Gasteiger partial charge is 0.229 e. The number of aromatic nitrogens is 2. The summed E-state index contributed by atoms with van der Waals surface area (Å²) in [7, 11) is 0. The predicted molar refractivity (Wildman–Crippen MR) is 108 cm³/mol. The summed E-state index contributed by atoms with van der Waals surface area (Å²) in [6.07, 6.45) is 1.04. The summed E-state index contributed by atoms with van der Waals surface area (Å²) in [6, 6.07) is 17.4. The minimum Gasteiger partial charge on any atom is -0.324 e. The zero-order valence-corrected chi connectivity index (χ0v) is 15.7. The summed E-state index contributed by atoms with van der Waals surface area (Å²) in [5.74, 6) is 1.59. The number of benzene rings is 2. The Balaban J connectivity index is 1.72. The number of hydrogen-bond acceptors (Lipinski definition) is 4. The summed E-state index contributed by atoms with van der Waals surface area (Å²) in [5, 5.41) is 3.41. The lowest BCUT2D eigenvalue weighted by atomic mass is 10.1. The van der Waals surface area contributed by atoms with Crippen LogP contribution in [0.4, 0.5) is 23.1 Å². The zero-order valence-electron chi connectivity index (χ0n) is 15.7. The van der Waals surface area contributed by atoms with E-state index in [4.69, 9.17) is 4.98 Å². The van der Waals surface area contributed by atoms with E-state index in [1.165, 1.54) is 22.4 Å². The fourth-order valence-corrected chi connectivity index (χ4v) is 3.64. The highest BCUT2D eigenvalue weighted by molar-refractivity contribution is 5.70. The number of para-hydroxylation sites is 1. The summed E-state index contributed by atoms with van der Waals surface area (Å²) in [5.41, 5.74) is 7.03. The van der Waals surface area contributed by atoms with Crippen molar-refractivity contribution >= 4 is 23.1 Å². The first-order valence-corrected chi connectivity index (χ1v) is 9.08. The van der Waals surface area contributed by atoms with Gasteiger partial charge < -0.3 is 10.2 Å². The van der Waals surface area contributed by atoms with E-state index >= 15 is 0 Å². The normalized spacial score (nSPS) is 15.8. The van der Waals surface area contributed by atoms with Crippen LogP contribution in [0.25, 0.3) is 0 Å². The number of rotatable bonds is 3. The van der Waals surface area contributed by atoms with Crippen molar-refractivity contribution in [2.75, 3.05) is 10.2 Å². The van der Waals surface area contributed by atoms with Crippen molar-refractivity contribution < 1.29 is 0 Å². The Kier molecular flexibility index (Phi) is 4.11. The number of nitrogens with one attached hydrogen (secondary N) is 1. The van der Waals surface area contributed by atoms with Gasteiger partial charge in [0.1, 0.15) is 5.82 Å². The van der Waals surface area contributed by atoms with Crippen molar-refractivity contribution in [2.45, 2.75) is 40.2 Å². The molecule has 132 valence electrons. The van der Waals surface area contributed by atoms with Gasteiger partial charge in [0.25, 0.3) is 0 Å². The first-order chi connectivity index (χ1) is 12.5. The van der Waals surface area contributed by atoms with Crippen molar-refractivity contribution in [1.29, 1.82) is 0 Å². The number of nitrogens with zero attached hydrogens (tertiary/aromatic N) is 3. The molecule has 1 atom stereocenters. The van der Waals surface area contributed by atoms with E-state index in [1.807, 2.05) is 6.92 Å². The highest BCUT2D eigenvalue weighted by atomic mass is 15.3. The Hall–Kier alpha value is -2.88. The van der Waals surface area contributed by atoms with E-state index in [0.29, 0.717) is 12.0 Å². The minimum absolute atomic E-state index is 0.384. The van der Waals surface area contributed by atoms with Crippen LogP contribution in [0.1, 0.15) is 29.3 Å². The monoisotopic (exact) mass is 344 g/mol. The Bertz CT molecular complexity index is 964. The van der Waals surface area contributed by atoms with Crippen molar-refractivity contribution in [1.82, 2.24) is 9.97 Å². The van der Waals surface area contributed by atoms with E-state index < -0.39 is 0 Å². The molecule has 0 saturated heterocycles. The molecule has 2 heterocycles. The highest BCUT2D eigenvalue weighted by Crippen LogP contribution is 2.37. The molecule has 1 unspecified atom stereocenters. The minimum atomic E-state index is 0.384. The molecule has 2 aromatic carbocycles. The maximum Gasteiger partial charge on any atom is 0.229 e. The quantitative estimate of drug-likeness (QED) is 0.706. The lowest BCUT2D eigenvalue weighted by Crippen LogP contribution is -2.25. The van der Waals surface area contributed by atoms with Crippen LogP contribution in [0, 0.1) is 20.8 Å². The molecule has 3 aromatic rings. The molecule has 4 heteroatoms. The molecule has 0 spiro atoms. The first kappa shape index (κ1) is 16.6. The van der Waals surface area contributed by atoms with Gasteiger partial charge in [0.2, 0.25) is 5.95 Å². The number of hydrogen-bond donors (Lipinski definition) is 1. The second-order valence-electron chi connectivity index (χ2n) is 7.19. The zero-order chi connectivity index (χ0) is 18.3. The van der Waals surface area contributed by atoms with Crippen molar-refractivity contribution in [2.24, 2.45) is 0 Å². The maximum atomic E-state index is 4.83. The fraction of sp³-hybridized carbons (Fsp3) is 0.273. The lowest BCUT2D eigenvalue weighted by molar-refractivity contribution is 0.749. The SMILES string of the molecule is Cc1ccc(C)c(Nc2nc(C)cc(N3c4ccccc4CC3C)n2)c1. The van der Waals surface area contributed by atoms with Crippen LogP contribution in [0.3, 0.4) is 0 Å². The maximum absolute atomic E-state index is 4.83. The number of anilines is 4. The van der Waals surface area contributed by atoms with E-state index in [9.17, 15) is 0 Å². The van der Waals surface area contributed by atoms with Crippen LogP contribution in [-0.2, 0) is 6.42 Å². The third-order valence-electron chi connectivity index (χ3n) is 4.93. The van der Waals surface area contributed by atoms with Crippen LogP contribution in [0.15, 0.2) is 48.5 Å². The van der Waals surface area contributed by atoms with Gasteiger partial charge in [-0.05, 0) is 62.9 Å². The van der Waals surface area contributed by atoms with Crippen LogP contribution in [0.5, 0.6) is 0 Å². The van der Waals surface area contributed by atoms with E-state index in [1.54, 1.807) is 0 Å². The third-order valence-corrected chi connectivity index (χ3v) is 4.93. The predicted octanol–water partition coefficient (Wildman–Crippen LogP) is 5.23. The van der Waals surface area contributed by atoms with Gasteiger partial charge in [0, 0.05) is 29.2 Å². The molecule has 1 aromatic heterocycles. The molecule has 26 heavy (non-hydrogen) atoms. The van der Waals surface area contributed by atoms with Crippen molar-refractivity contribution in [3.05, 3.63) is 70.9 Å². The molecule has 1 aliphatic rings. The molecule has 4 nitrogen and oxygen atoms in total. The molecule has 1 aliphatic heterocycles. The van der Waals surface area contributed by atoms with Gasteiger partial charge in [-0.15, -0.1) is 0 Å². The van der Waals surface area contributed by atoms with Crippen LogP contribution >= 0.6 is 0 Å². The topological polar surface area (TPSA) is 41.1 Å².